The molecule has 0 spiro atoms. The molecule has 0 aliphatic carbocycles. The molecule has 0 radical (unpaired) electrons. The van der Waals surface area contributed by atoms with Crippen molar-refractivity contribution in [2.45, 2.75) is 25.1 Å². The Kier molecular flexibility index (Phi) is 4.76. The monoisotopic (exact) mass is 356 g/mol. The van der Waals surface area contributed by atoms with E-state index in [4.69, 9.17) is 0 Å². The SMILES string of the molecule is O=C(N[C@H]1CCCNC1)c1cnn(-c2ccccc2F)c1C(F)(F)F. The van der Waals surface area contributed by atoms with Crippen LogP contribution in [-0.4, -0.2) is 34.8 Å². The molecule has 1 saturated heterocycles. The van der Waals surface area contributed by atoms with E-state index in [1.807, 2.05) is 0 Å². The van der Waals surface area contributed by atoms with Crippen LogP contribution in [0.15, 0.2) is 30.5 Å². The van der Waals surface area contributed by atoms with Crippen LogP contribution < -0.4 is 10.6 Å². The molecule has 1 aliphatic rings. The van der Waals surface area contributed by atoms with Crippen LogP contribution in [0.4, 0.5) is 17.6 Å². The number of aromatic nitrogens is 2. The predicted molar refractivity (Wildman–Crippen MR) is 81.9 cm³/mol. The summed E-state index contributed by atoms with van der Waals surface area (Å²) in [7, 11) is 0. The van der Waals surface area contributed by atoms with Gasteiger partial charge in [-0.15, -0.1) is 0 Å². The van der Waals surface area contributed by atoms with Crippen LogP contribution in [0.5, 0.6) is 0 Å². The van der Waals surface area contributed by atoms with Crippen LogP contribution >= 0.6 is 0 Å². The zero-order chi connectivity index (χ0) is 18.0. The van der Waals surface area contributed by atoms with Crippen molar-refractivity contribution < 1.29 is 22.4 Å². The van der Waals surface area contributed by atoms with Gasteiger partial charge < -0.3 is 10.6 Å². The molecule has 1 atom stereocenters. The molecule has 1 amide bonds. The number of para-hydroxylation sites is 1. The first kappa shape index (κ1) is 17.4. The lowest BCUT2D eigenvalue weighted by Crippen LogP contribution is -2.45. The van der Waals surface area contributed by atoms with Crippen molar-refractivity contribution in [3.05, 3.63) is 47.5 Å². The number of piperidine rings is 1. The maximum absolute atomic E-state index is 13.9. The predicted octanol–water partition coefficient (Wildman–Crippen LogP) is 2.51. The largest absolute Gasteiger partial charge is 0.434 e. The molecule has 0 saturated carbocycles. The number of alkyl halides is 3. The Morgan fingerprint density at radius 2 is 2.08 bits per heavy atom. The van der Waals surface area contributed by atoms with Gasteiger partial charge in [-0.3, -0.25) is 4.79 Å². The minimum atomic E-state index is -4.86. The Labute approximate surface area is 141 Å². The molecule has 2 N–H and O–H groups in total. The molecular formula is C16H16F4N4O. The summed E-state index contributed by atoms with van der Waals surface area (Å²) in [5, 5.41) is 9.25. The average Bonchev–Trinajstić information content (AvgIpc) is 3.01. The molecule has 3 rings (SSSR count). The van der Waals surface area contributed by atoms with Crippen molar-refractivity contribution in [1.82, 2.24) is 20.4 Å². The van der Waals surface area contributed by atoms with E-state index in [-0.39, 0.29) is 11.7 Å². The Morgan fingerprint density at radius 1 is 1.32 bits per heavy atom. The highest BCUT2D eigenvalue weighted by molar-refractivity contribution is 5.95. The number of benzene rings is 1. The summed E-state index contributed by atoms with van der Waals surface area (Å²) in [6.07, 6.45) is -2.54. The highest BCUT2D eigenvalue weighted by Crippen LogP contribution is 2.34. The average molecular weight is 356 g/mol. The van der Waals surface area contributed by atoms with Crippen LogP contribution in [0.1, 0.15) is 28.9 Å². The molecule has 1 aromatic carbocycles. The van der Waals surface area contributed by atoms with E-state index in [0.717, 1.165) is 25.2 Å². The topological polar surface area (TPSA) is 59.0 Å². The van der Waals surface area contributed by atoms with E-state index in [1.165, 1.54) is 18.2 Å². The highest BCUT2D eigenvalue weighted by Gasteiger charge is 2.41. The van der Waals surface area contributed by atoms with Gasteiger partial charge in [0.05, 0.1) is 11.8 Å². The van der Waals surface area contributed by atoms with Crippen LogP contribution in [-0.2, 0) is 6.18 Å². The minimum absolute atomic E-state index is 0.251. The third-order valence-electron chi connectivity index (χ3n) is 4.00. The number of halogens is 4. The summed E-state index contributed by atoms with van der Waals surface area (Å²) < 4.78 is 54.9. The summed E-state index contributed by atoms with van der Waals surface area (Å²) in [4.78, 5) is 12.3. The van der Waals surface area contributed by atoms with Gasteiger partial charge in [-0.05, 0) is 31.5 Å². The molecule has 1 fully saturated rings. The molecule has 0 bridgehead atoms. The Bertz CT molecular complexity index is 766. The number of nitrogens with zero attached hydrogens (tertiary/aromatic N) is 2. The molecule has 0 unspecified atom stereocenters. The standard InChI is InChI=1S/C16H16F4N4O/c17-12-5-1-2-6-13(12)24-14(16(18,19)20)11(9-22-24)15(25)23-10-4-3-7-21-8-10/h1-2,5-6,9-10,21H,3-4,7-8H2,(H,23,25)/t10-/m0/s1. The van der Waals surface area contributed by atoms with Crippen molar-refractivity contribution in [3.8, 4) is 5.69 Å². The lowest BCUT2D eigenvalue weighted by Gasteiger charge is -2.24. The van der Waals surface area contributed by atoms with Crippen LogP contribution in [0, 0.1) is 5.82 Å². The maximum Gasteiger partial charge on any atom is 0.434 e. The summed E-state index contributed by atoms with van der Waals surface area (Å²) >= 11 is 0. The first-order valence-electron chi connectivity index (χ1n) is 7.79. The second kappa shape index (κ2) is 6.83. The van der Waals surface area contributed by atoms with Gasteiger partial charge in [-0.2, -0.15) is 18.3 Å². The van der Waals surface area contributed by atoms with Crippen molar-refractivity contribution in [3.63, 3.8) is 0 Å². The smallest absolute Gasteiger partial charge is 0.348 e. The molecule has 2 heterocycles. The normalized spacial score (nSPS) is 18.2. The van der Waals surface area contributed by atoms with E-state index in [1.54, 1.807) is 0 Å². The van der Waals surface area contributed by atoms with E-state index in [9.17, 15) is 22.4 Å². The van der Waals surface area contributed by atoms with Crippen LogP contribution in [0.2, 0.25) is 0 Å². The fourth-order valence-electron chi connectivity index (χ4n) is 2.83. The van der Waals surface area contributed by atoms with E-state index in [2.05, 4.69) is 15.7 Å². The number of rotatable bonds is 3. The second-order valence-electron chi connectivity index (χ2n) is 5.78. The number of hydrogen-bond donors (Lipinski definition) is 2. The van der Waals surface area contributed by atoms with Gasteiger partial charge in [0.15, 0.2) is 5.69 Å². The Balaban J connectivity index is 1.97. The van der Waals surface area contributed by atoms with Gasteiger partial charge in [0.2, 0.25) is 0 Å². The first-order chi connectivity index (χ1) is 11.9. The molecule has 134 valence electrons. The summed E-state index contributed by atoms with van der Waals surface area (Å²) in [6, 6.07) is 4.71. The molecular weight excluding hydrogens is 340 g/mol. The minimum Gasteiger partial charge on any atom is -0.348 e. The van der Waals surface area contributed by atoms with Gasteiger partial charge >= 0.3 is 6.18 Å². The van der Waals surface area contributed by atoms with Gasteiger partial charge in [0.1, 0.15) is 11.5 Å². The maximum atomic E-state index is 13.9. The van der Waals surface area contributed by atoms with Crippen molar-refractivity contribution in [2.24, 2.45) is 0 Å². The molecule has 2 aromatic rings. The molecule has 1 aliphatic heterocycles. The molecule has 5 nitrogen and oxygen atoms in total. The van der Waals surface area contributed by atoms with Crippen molar-refractivity contribution in [1.29, 1.82) is 0 Å². The third kappa shape index (κ3) is 3.65. The van der Waals surface area contributed by atoms with E-state index >= 15 is 0 Å². The quantitative estimate of drug-likeness (QED) is 0.831. The van der Waals surface area contributed by atoms with Crippen LogP contribution in [0.25, 0.3) is 5.69 Å². The van der Waals surface area contributed by atoms with Gasteiger partial charge in [0, 0.05) is 12.6 Å². The Hall–Kier alpha value is -2.42. The molecule has 25 heavy (non-hydrogen) atoms. The first-order valence-corrected chi connectivity index (χ1v) is 7.79. The summed E-state index contributed by atoms with van der Waals surface area (Å²) in [5.74, 6) is -1.73. The fraction of sp³-hybridized carbons (Fsp3) is 0.375. The molecule has 9 heteroatoms. The van der Waals surface area contributed by atoms with E-state index < -0.39 is 29.2 Å². The second-order valence-corrected chi connectivity index (χ2v) is 5.78. The Morgan fingerprint density at radius 3 is 2.72 bits per heavy atom. The number of nitrogens with one attached hydrogen (secondary N) is 2. The number of amides is 1. The number of carbonyl (C=O) groups excluding carboxylic acids is 1. The summed E-state index contributed by atoms with van der Waals surface area (Å²) in [5.41, 5.74) is -2.28. The van der Waals surface area contributed by atoms with Crippen LogP contribution in [0.3, 0.4) is 0 Å². The highest BCUT2D eigenvalue weighted by atomic mass is 19.4. The lowest BCUT2D eigenvalue weighted by molar-refractivity contribution is -0.143. The number of hydrogen-bond acceptors (Lipinski definition) is 3. The lowest BCUT2D eigenvalue weighted by atomic mass is 10.1. The zero-order valence-corrected chi connectivity index (χ0v) is 13.1. The van der Waals surface area contributed by atoms with E-state index in [0.29, 0.717) is 17.6 Å². The fourth-order valence-corrected chi connectivity index (χ4v) is 2.83. The molecule has 1 aromatic heterocycles. The van der Waals surface area contributed by atoms with Gasteiger partial charge in [0.25, 0.3) is 5.91 Å². The summed E-state index contributed by atoms with van der Waals surface area (Å²) in [6.45, 7) is 1.31. The zero-order valence-electron chi connectivity index (χ0n) is 13.1. The van der Waals surface area contributed by atoms with Crippen molar-refractivity contribution >= 4 is 5.91 Å². The van der Waals surface area contributed by atoms with Gasteiger partial charge in [-0.25, -0.2) is 9.07 Å². The van der Waals surface area contributed by atoms with Crippen molar-refractivity contribution in [2.75, 3.05) is 13.1 Å². The number of carbonyl (C=O) groups is 1. The van der Waals surface area contributed by atoms with Gasteiger partial charge in [-0.1, -0.05) is 12.1 Å². The third-order valence-corrected chi connectivity index (χ3v) is 4.00.